The van der Waals surface area contributed by atoms with Crippen LogP contribution in [0.4, 0.5) is 0 Å². The smallest absolute Gasteiger partial charge is 0.0223 e. The molecule has 0 aliphatic rings. The van der Waals surface area contributed by atoms with Gasteiger partial charge in [0, 0.05) is 5.88 Å². The van der Waals surface area contributed by atoms with Crippen LogP contribution in [0, 0.1) is 6.92 Å². The molecule has 0 bridgehead atoms. The molecule has 0 saturated heterocycles. The zero-order chi connectivity index (χ0) is 10.2. The van der Waals surface area contributed by atoms with Crippen LogP contribution in [-0.4, -0.2) is 5.88 Å². The lowest BCUT2D eigenvalue weighted by Gasteiger charge is -2.01. The van der Waals surface area contributed by atoms with E-state index in [1.807, 2.05) is 0 Å². The average Bonchev–Trinajstić information content (AvgIpc) is 2.21. The van der Waals surface area contributed by atoms with Crippen LogP contribution in [0.1, 0.15) is 36.8 Å². The highest BCUT2D eigenvalue weighted by Gasteiger charge is 1.93. The summed E-state index contributed by atoms with van der Waals surface area (Å²) in [4.78, 5) is 0. The number of benzene rings is 1. The van der Waals surface area contributed by atoms with E-state index in [9.17, 15) is 0 Å². The zero-order valence-electron chi connectivity index (χ0n) is 8.93. The molecule has 0 amide bonds. The topological polar surface area (TPSA) is 0 Å². The highest BCUT2D eigenvalue weighted by Crippen LogP contribution is 2.09. The summed E-state index contributed by atoms with van der Waals surface area (Å²) in [7, 11) is 0. The number of alkyl halides is 1. The highest BCUT2D eigenvalue weighted by molar-refractivity contribution is 6.17. The van der Waals surface area contributed by atoms with Crippen LogP contribution in [0.2, 0.25) is 0 Å². The van der Waals surface area contributed by atoms with Crippen LogP contribution in [0.25, 0.3) is 0 Å². The van der Waals surface area contributed by atoms with Gasteiger partial charge in [0.15, 0.2) is 0 Å². The third-order valence-electron chi connectivity index (χ3n) is 2.47. The number of aryl methyl sites for hydroxylation is 2. The standard InChI is InChI=1S/C13H19Cl/c1-12-7-9-13(10-8-12)6-4-2-3-5-11-14/h7-10H,2-6,11H2,1H3. The Kier molecular flexibility index (Phi) is 5.70. The van der Waals surface area contributed by atoms with E-state index >= 15 is 0 Å². The zero-order valence-corrected chi connectivity index (χ0v) is 9.69. The molecular formula is C13H19Cl. The van der Waals surface area contributed by atoms with Gasteiger partial charge < -0.3 is 0 Å². The minimum atomic E-state index is 0.810. The number of hydrogen-bond acceptors (Lipinski definition) is 0. The van der Waals surface area contributed by atoms with E-state index < -0.39 is 0 Å². The fourth-order valence-corrected chi connectivity index (χ4v) is 1.72. The van der Waals surface area contributed by atoms with Crippen molar-refractivity contribution < 1.29 is 0 Å². The van der Waals surface area contributed by atoms with Gasteiger partial charge in [-0.15, -0.1) is 11.6 Å². The van der Waals surface area contributed by atoms with Gasteiger partial charge in [-0.05, 0) is 31.7 Å². The van der Waals surface area contributed by atoms with Crippen molar-refractivity contribution in [2.45, 2.75) is 39.0 Å². The minimum absolute atomic E-state index is 0.810. The van der Waals surface area contributed by atoms with Crippen molar-refractivity contribution in [2.24, 2.45) is 0 Å². The van der Waals surface area contributed by atoms with Gasteiger partial charge in [-0.2, -0.15) is 0 Å². The minimum Gasteiger partial charge on any atom is -0.127 e. The Morgan fingerprint density at radius 3 is 2.21 bits per heavy atom. The molecule has 0 nitrogen and oxygen atoms in total. The molecule has 1 aromatic carbocycles. The monoisotopic (exact) mass is 210 g/mol. The lowest BCUT2D eigenvalue weighted by atomic mass is 10.1. The Hall–Kier alpha value is -0.490. The first-order valence-electron chi connectivity index (χ1n) is 5.44. The van der Waals surface area contributed by atoms with Crippen LogP contribution < -0.4 is 0 Å². The number of unbranched alkanes of at least 4 members (excludes halogenated alkanes) is 3. The molecule has 0 spiro atoms. The first kappa shape index (κ1) is 11.6. The van der Waals surface area contributed by atoms with Gasteiger partial charge >= 0.3 is 0 Å². The molecule has 0 aliphatic heterocycles. The molecule has 1 aromatic rings. The van der Waals surface area contributed by atoms with Gasteiger partial charge in [0.25, 0.3) is 0 Å². The van der Waals surface area contributed by atoms with Crippen molar-refractivity contribution >= 4 is 11.6 Å². The van der Waals surface area contributed by atoms with Crippen molar-refractivity contribution in [1.29, 1.82) is 0 Å². The maximum Gasteiger partial charge on any atom is 0.0223 e. The van der Waals surface area contributed by atoms with Crippen molar-refractivity contribution in [3.05, 3.63) is 35.4 Å². The fourth-order valence-electron chi connectivity index (χ4n) is 1.53. The molecule has 0 unspecified atom stereocenters. The van der Waals surface area contributed by atoms with Crippen molar-refractivity contribution in [3.8, 4) is 0 Å². The Labute approximate surface area is 92.3 Å². The second kappa shape index (κ2) is 6.89. The molecular weight excluding hydrogens is 192 g/mol. The van der Waals surface area contributed by atoms with E-state index in [2.05, 4.69) is 31.2 Å². The summed E-state index contributed by atoms with van der Waals surface area (Å²) in [6, 6.07) is 8.84. The van der Waals surface area contributed by atoms with Gasteiger partial charge in [0.2, 0.25) is 0 Å². The highest BCUT2D eigenvalue weighted by atomic mass is 35.5. The first-order chi connectivity index (χ1) is 6.83. The van der Waals surface area contributed by atoms with E-state index in [0.717, 1.165) is 12.3 Å². The molecule has 78 valence electrons. The van der Waals surface area contributed by atoms with Gasteiger partial charge in [-0.25, -0.2) is 0 Å². The Morgan fingerprint density at radius 2 is 1.57 bits per heavy atom. The van der Waals surface area contributed by atoms with E-state index in [1.54, 1.807) is 0 Å². The van der Waals surface area contributed by atoms with Crippen molar-refractivity contribution in [2.75, 3.05) is 5.88 Å². The summed E-state index contributed by atoms with van der Waals surface area (Å²) >= 11 is 5.61. The summed E-state index contributed by atoms with van der Waals surface area (Å²) < 4.78 is 0. The fraction of sp³-hybridized carbons (Fsp3) is 0.538. The van der Waals surface area contributed by atoms with Crippen molar-refractivity contribution in [3.63, 3.8) is 0 Å². The first-order valence-corrected chi connectivity index (χ1v) is 5.98. The molecule has 0 aromatic heterocycles. The summed E-state index contributed by atoms with van der Waals surface area (Å²) in [6.07, 6.45) is 6.24. The predicted molar refractivity (Wildman–Crippen MR) is 64.1 cm³/mol. The predicted octanol–water partition coefficient (Wildman–Crippen LogP) is 4.34. The van der Waals surface area contributed by atoms with E-state index in [1.165, 1.54) is 36.8 Å². The average molecular weight is 211 g/mol. The van der Waals surface area contributed by atoms with Gasteiger partial charge in [0.1, 0.15) is 0 Å². The molecule has 0 heterocycles. The molecule has 0 fully saturated rings. The van der Waals surface area contributed by atoms with E-state index in [-0.39, 0.29) is 0 Å². The molecule has 1 rings (SSSR count). The maximum atomic E-state index is 5.61. The number of hydrogen-bond donors (Lipinski definition) is 0. The SMILES string of the molecule is Cc1ccc(CCCCCCCl)cc1. The lowest BCUT2D eigenvalue weighted by molar-refractivity contribution is 0.669. The molecule has 0 saturated carbocycles. The second-order valence-corrected chi connectivity index (χ2v) is 4.22. The molecule has 0 aliphatic carbocycles. The number of halogens is 1. The second-order valence-electron chi connectivity index (χ2n) is 3.84. The van der Waals surface area contributed by atoms with E-state index in [4.69, 9.17) is 11.6 Å². The van der Waals surface area contributed by atoms with Crippen LogP contribution in [0.15, 0.2) is 24.3 Å². The van der Waals surface area contributed by atoms with Crippen LogP contribution in [0.5, 0.6) is 0 Å². The van der Waals surface area contributed by atoms with Crippen LogP contribution >= 0.6 is 11.6 Å². The van der Waals surface area contributed by atoms with Crippen molar-refractivity contribution in [1.82, 2.24) is 0 Å². The Bertz CT molecular complexity index is 238. The summed E-state index contributed by atoms with van der Waals surface area (Å²) in [5.41, 5.74) is 2.80. The van der Waals surface area contributed by atoms with Gasteiger partial charge in [0.05, 0.1) is 0 Å². The van der Waals surface area contributed by atoms with Crippen LogP contribution in [0.3, 0.4) is 0 Å². The number of rotatable bonds is 6. The molecule has 0 radical (unpaired) electrons. The summed E-state index contributed by atoms with van der Waals surface area (Å²) in [5.74, 6) is 0.810. The summed E-state index contributed by atoms with van der Waals surface area (Å²) in [5, 5.41) is 0. The third kappa shape index (κ3) is 4.66. The Balaban J connectivity index is 2.15. The normalized spacial score (nSPS) is 10.4. The van der Waals surface area contributed by atoms with Gasteiger partial charge in [-0.1, -0.05) is 42.7 Å². The van der Waals surface area contributed by atoms with Crippen LogP contribution in [-0.2, 0) is 6.42 Å². The molecule has 14 heavy (non-hydrogen) atoms. The summed E-state index contributed by atoms with van der Waals surface area (Å²) in [6.45, 7) is 2.13. The molecule has 0 N–H and O–H groups in total. The van der Waals surface area contributed by atoms with Gasteiger partial charge in [-0.3, -0.25) is 0 Å². The van der Waals surface area contributed by atoms with E-state index in [0.29, 0.717) is 0 Å². The Morgan fingerprint density at radius 1 is 0.929 bits per heavy atom. The lowest BCUT2D eigenvalue weighted by Crippen LogP contribution is -1.86. The maximum absolute atomic E-state index is 5.61. The largest absolute Gasteiger partial charge is 0.127 e. The quantitative estimate of drug-likeness (QED) is 0.484. The molecule has 1 heteroatoms. The third-order valence-corrected chi connectivity index (χ3v) is 2.74. The molecule has 0 atom stereocenters.